The van der Waals surface area contributed by atoms with Crippen LogP contribution in [0, 0.1) is 17.8 Å². The molecule has 0 aromatic carbocycles. The van der Waals surface area contributed by atoms with Crippen LogP contribution in [0.25, 0.3) is 0 Å². The largest absolute Gasteiger partial charge is 0.374 e. The summed E-state index contributed by atoms with van der Waals surface area (Å²) in [6.07, 6.45) is 0.102. The van der Waals surface area contributed by atoms with Gasteiger partial charge in [0.1, 0.15) is 0 Å². The van der Waals surface area contributed by atoms with Crippen molar-refractivity contribution in [2.75, 3.05) is 39.8 Å². The third-order valence-corrected chi connectivity index (χ3v) is 3.05. The van der Waals surface area contributed by atoms with E-state index < -0.39 is 0 Å². The molecule has 0 radical (unpaired) electrons. The number of ether oxygens (including phenoxy) is 1. The molecule has 1 aliphatic heterocycles. The summed E-state index contributed by atoms with van der Waals surface area (Å²) < 4.78 is 5.70. The van der Waals surface area contributed by atoms with Gasteiger partial charge in [0.2, 0.25) is 5.91 Å². The monoisotopic (exact) mass is 252 g/mol. The minimum Gasteiger partial charge on any atom is -0.374 e. The lowest BCUT2D eigenvalue weighted by Gasteiger charge is -2.34. The summed E-state index contributed by atoms with van der Waals surface area (Å²) in [5.41, 5.74) is 0. The molecule has 0 aliphatic carbocycles. The molecule has 1 rings (SSSR count). The maximum atomic E-state index is 11.8. The van der Waals surface area contributed by atoms with Crippen LogP contribution in [0.4, 0.5) is 0 Å². The lowest BCUT2D eigenvalue weighted by atomic mass is 10.2. The average Bonchev–Trinajstić information content (AvgIpc) is 2.35. The molecule has 1 atom stereocenters. The molecule has 0 bridgehead atoms. The van der Waals surface area contributed by atoms with Crippen LogP contribution in [0.1, 0.15) is 20.8 Å². The van der Waals surface area contributed by atoms with E-state index in [0.717, 1.165) is 26.2 Å². The van der Waals surface area contributed by atoms with Crippen molar-refractivity contribution in [1.29, 1.82) is 0 Å². The van der Waals surface area contributed by atoms with Crippen LogP contribution in [0.2, 0.25) is 0 Å². The molecular formula is C14H24N2O2. The number of amides is 1. The van der Waals surface area contributed by atoms with Gasteiger partial charge in [0, 0.05) is 32.6 Å². The molecule has 1 heterocycles. The van der Waals surface area contributed by atoms with Gasteiger partial charge in [-0.1, -0.05) is 19.8 Å². The predicted octanol–water partition coefficient (Wildman–Crippen LogP) is 0.825. The first-order valence-electron chi connectivity index (χ1n) is 6.53. The topological polar surface area (TPSA) is 32.8 Å². The Balaban J connectivity index is 2.41. The number of rotatable bonds is 4. The fourth-order valence-electron chi connectivity index (χ4n) is 2.06. The number of hydrogen-bond acceptors (Lipinski definition) is 3. The summed E-state index contributed by atoms with van der Waals surface area (Å²) >= 11 is 0. The second-order valence-corrected chi connectivity index (χ2v) is 5.03. The minimum atomic E-state index is 0.0423. The van der Waals surface area contributed by atoms with E-state index in [0.29, 0.717) is 6.54 Å². The zero-order chi connectivity index (χ0) is 13.5. The molecule has 4 heteroatoms. The molecule has 0 saturated carbocycles. The Morgan fingerprint density at radius 3 is 2.89 bits per heavy atom. The van der Waals surface area contributed by atoms with Crippen LogP contribution in [0.3, 0.4) is 0 Å². The van der Waals surface area contributed by atoms with E-state index in [1.807, 2.05) is 27.8 Å². The lowest BCUT2D eigenvalue weighted by molar-refractivity contribution is -0.136. The van der Waals surface area contributed by atoms with Gasteiger partial charge in [0.25, 0.3) is 0 Å². The number of carbonyl (C=O) groups is 1. The summed E-state index contributed by atoms with van der Waals surface area (Å²) in [6, 6.07) is 0. The van der Waals surface area contributed by atoms with Crippen molar-refractivity contribution in [2.45, 2.75) is 26.9 Å². The third-order valence-electron chi connectivity index (χ3n) is 3.05. The number of carbonyl (C=O) groups excluding carboxylic acids is 1. The van der Waals surface area contributed by atoms with Gasteiger partial charge >= 0.3 is 0 Å². The van der Waals surface area contributed by atoms with Crippen molar-refractivity contribution < 1.29 is 9.53 Å². The normalized spacial score (nSPS) is 20.4. The first-order valence-corrected chi connectivity index (χ1v) is 6.53. The molecular weight excluding hydrogens is 228 g/mol. The molecule has 18 heavy (non-hydrogen) atoms. The Bertz CT molecular complexity index is 330. The number of nitrogens with zero attached hydrogens (tertiary/aromatic N) is 2. The van der Waals surface area contributed by atoms with Gasteiger partial charge in [0.15, 0.2) is 0 Å². The molecule has 4 nitrogen and oxygen atoms in total. The van der Waals surface area contributed by atoms with Gasteiger partial charge in [-0.3, -0.25) is 9.69 Å². The summed E-state index contributed by atoms with van der Waals surface area (Å²) in [4.78, 5) is 15.8. The van der Waals surface area contributed by atoms with Crippen molar-refractivity contribution >= 4 is 5.91 Å². The van der Waals surface area contributed by atoms with Crippen LogP contribution in [-0.4, -0.2) is 61.6 Å². The smallest absolute Gasteiger partial charge is 0.224 e. The van der Waals surface area contributed by atoms with Crippen LogP contribution < -0.4 is 0 Å². The zero-order valence-corrected chi connectivity index (χ0v) is 11.9. The third kappa shape index (κ3) is 4.67. The Morgan fingerprint density at radius 1 is 1.56 bits per heavy atom. The summed E-state index contributed by atoms with van der Waals surface area (Å²) in [7, 11) is 1.84. The molecule has 1 amide bonds. The van der Waals surface area contributed by atoms with Gasteiger partial charge in [0.05, 0.1) is 19.3 Å². The van der Waals surface area contributed by atoms with Gasteiger partial charge in [-0.05, 0) is 6.92 Å². The molecule has 0 spiro atoms. The lowest BCUT2D eigenvalue weighted by Crippen LogP contribution is -2.48. The van der Waals surface area contributed by atoms with Crippen LogP contribution in [-0.2, 0) is 9.53 Å². The quantitative estimate of drug-likeness (QED) is 0.695. The van der Waals surface area contributed by atoms with Gasteiger partial charge in [-0.2, -0.15) is 0 Å². The van der Waals surface area contributed by atoms with Crippen molar-refractivity contribution in [3.63, 3.8) is 0 Å². The molecule has 1 unspecified atom stereocenters. The summed E-state index contributed by atoms with van der Waals surface area (Å²) in [6.45, 7) is 9.64. The van der Waals surface area contributed by atoms with Gasteiger partial charge < -0.3 is 9.64 Å². The Labute approximate surface area is 110 Å². The van der Waals surface area contributed by atoms with Crippen LogP contribution >= 0.6 is 0 Å². The second kappa shape index (κ2) is 7.40. The minimum absolute atomic E-state index is 0.0423. The molecule has 0 N–H and O–H groups in total. The number of likely N-dealkylation sites (N-methyl/N-ethyl adjacent to an activating group) is 1. The fraction of sp³-hybridized carbons (Fsp3) is 0.786. The van der Waals surface area contributed by atoms with E-state index in [-0.39, 0.29) is 17.9 Å². The van der Waals surface area contributed by atoms with E-state index in [1.54, 1.807) is 4.90 Å². The zero-order valence-electron chi connectivity index (χ0n) is 11.9. The molecule has 1 fully saturated rings. The average molecular weight is 252 g/mol. The number of morpholine rings is 1. The standard InChI is InChI=1S/C14H24N2O2/c1-5-6-7-16-8-9-18-13(11-16)10-15(4)14(17)12(2)3/h12-13H,7-11H2,1-4H3. The van der Waals surface area contributed by atoms with E-state index >= 15 is 0 Å². The van der Waals surface area contributed by atoms with Crippen LogP contribution in [0.5, 0.6) is 0 Å². The highest BCUT2D eigenvalue weighted by Gasteiger charge is 2.23. The van der Waals surface area contributed by atoms with Gasteiger partial charge in [-0.25, -0.2) is 0 Å². The first kappa shape index (κ1) is 15.0. The SMILES string of the molecule is CC#CCN1CCOC(CN(C)C(=O)C(C)C)C1. The molecule has 102 valence electrons. The highest BCUT2D eigenvalue weighted by Crippen LogP contribution is 2.08. The van der Waals surface area contributed by atoms with E-state index in [1.165, 1.54) is 0 Å². The molecule has 1 aliphatic rings. The maximum Gasteiger partial charge on any atom is 0.224 e. The second-order valence-electron chi connectivity index (χ2n) is 5.03. The summed E-state index contributed by atoms with van der Waals surface area (Å²) in [5, 5.41) is 0. The predicted molar refractivity (Wildman–Crippen MR) is 72.1 cm³/mol. The highest BCUT2D eigenvalue weighted by molar-refractivity contribution is 5.77. The van der Waals surface area contributed by atoms with E-state index in [2.05, 4.69) is 16.7 Å². The van der Waals surface area contributed by atoms with Crippen molar-refractivity contribution in [3.8, 4) is 11.8 Å². The Hall–Kier alpha value is -1.05. The Kier molecular flexibility index (Phi) is 6.17. The Morgan fingerprint density at radius 2 is 2.28 bits per heavy atom. The first-order chi connectivity index (χ1) is 8.54. The highest BCUT2D eigenvalue weighted by atomic mass is 16.5. The fourth-order valence-corrected chi connectivity index (χ4v) is 2.06. The maximum absolute atomic E-state index is 11.8. The van der Waals surface area contributed by atoms with Gasteiger partial charge in [-0.15, -0.1) is 5.92 Å². The molecule has 1 saturated heterocycles. The molecule has 0 aromatic heterocycles. The van der Waals surface area contributed by atoms with Crippen LogP contribution in [0.15, 0.2) is 0 Å². The van der Waals surface area contributed by atoms with Crippen molar-refractivity contribution in [2.24, 2.45) is 5.92 Å². The summed E-state index contributed by atoms with van der Waals surface area (Å²) in [5.74, 6) is 6.19. The van der Waals surface area contributed by atoms with E-state index in [9.17, 15) is 4.79 Å². The van der Waals surface area contributed by atoms with Crippen molar-refractivity contribution in [1.82, 2.24) is 9.80 Å². The van der Waals surface area contributed by atoms with Crippen molar-refractivity contribution in [3.05, 3.63) is 0 Å². The number of hydrogen-bond donors (Lipinski definition) is 0. The molecule has 0 aromatic rings. The van der Waals surface area contributed by atoms with E-state index in [4.69, 9.17) is 4.74 Å².